The summed E-state index contributed by atoms with van der Waals surface area (Å²) in [6, 6.07) is 22.5. The van der Waals surface area contributed by atoms with Gasteiger partial charge in [-0.1, -0.05) is 29.4 Å². The van der Waals surface area contributed by atoms with Crippen LogP contribution in [0.3, 0.4) is 0 Å². The van der Waals surface area contributed by atoms with Crippen molar-refractivity contribution in [1.29, 1.82) is 0 Å². The Kier molecular flexibility index (Phi) is 9.28. The van der Waals surface area contributed by atoms with Crippen molar-refractivity contribution in [2.45, 2.75) is 24.0 Å². The van der Waals surface area contributed by atoms with Crippen LogP contribution in [0.2, 0.25) is 0 Å². The van der Waals surface area contributed by atoms with Crippen molar-refractivity contribution in [3.63, 3.8) is 0 Å². The second-order valence-corrected chi connectivity index (χ2v) is 10.2. The van der Waals surface area contributed by atoms with Crippen LogP contribution in [-0.2, 0) is 9.59 Å². The van der Waals surface area contributed by atoms with Gasteiger partial charge in [0, 0.05) is 34.3 Å². The first-order chi connectivity index (χ1) is 19.7. The number of nitro groups is 1. The van der Waals surface area contributed by atoms with Crippen molar-refractivity contribution >= 4 is 52.8 Å². The molecule has 4 rings (SSSR count). The number of thioether (sulfide) groups is 1. The number of hydrogen-bond acceptors (Lipinski definition) is 8. The van der Waals surface area contributed by atoms with Gasteiger partial charge in [-0.15, -0.1) is 11.8 Å². The highest BCUT2D eigenvalue weighted by Crippen LogP contribution is 2.27. The van der Waals surface area contributed by atoms with Gasteiger partial charge in [-0.25, -0.2) is 0 Å². The molecule has 0 fully saturated rings. The number of rotatable bonds is 10. The number of nitro benzene ring substituents is 1. The lowest BCUT2D eigenvalue weighted by Gasteiger charge is -2.13. The van der Waals surface area contributed by atoms with Gasteiger partial charge in [-0.2, -0.15) is 0 Å². The lowest BCUT2D eigenvalue weighted by Crippen LogP contribution is -2.30. The third kappa shape index (κ3) is 8.13. The molecule has 0 aliphatic carbocycles. The van der Waals surface area contributed by atoms with E-state index in [2.05, 4.69) is 21.1 Å². The van der Waals surface area contributed by atoms with Crippen molar-refractivity contribution in [3.8, 4) is 0 Å². The number of amides is 3. The molecule has 3 aromatic carbocycles. The molecule has 0 aliphatic heterocycles. The van der Waals surface area contributed by atoms with Crippen LogP contribution < -0.4 is 16.0 Å². The summed E-state index contributed by atoms with van der Waals surface area (Å²) in [6.45, 7) is 3.46. The molecule has 1 aromatic heterocycles. The van der Waals surface area contributed by atoms with Crippen LogP contribution in [0.5, 0.6) is 0 Å². The van der Waals surface area contributed by atoms with Crippen molar-refractivity contribution in [3.05, 3.63) is 118 Å². The summed E-state index contributed by atoms with van der Waals surface area (Å²) in [5, 5.41) is 22.4. The van der Waals surface area contributed by atoms with E-state index in [9.17, 15) is 24.5 Å². The SMILES string of the molecule is Cc1cc(NC(=O)C(C)Sc2cccc(NC(=O)/C(=C\c3ccc([N+](=O)[O-])cc3)NC(=O)c3ccccc3)c2)no1. The molecule has 0 bridgehead atoms. The first-order valence-corrected chi connectivity index (χ1v) is 13.2. The normalized spacial score (nSPS) is 11.8. The first kappa shape index (κ1) is 28.8. The zero-order valence-electron chi connectivity index (χ0n) is 22.0. The smallest absolute Gasteiger partial charge is 0.272 e. The highest BCUT2D eigenvalue weighted by molar-refractivity contribution is 8.00. The predicted octanol–water partition coefficient (Wildman–Crippen LogP) is 5.42. The highest BCUT2D eigenvalue weighted by atomic mass is 32.2. The van der Waals surface area contributed by atoms with Gasteiger partial charge in [0.15, 0.2) is 5.82 Å². The molecule has 1 unspecified atom stereocenters. The molecule has 208 valence electrons. The molecule has 1 atom stereocenters. The van der Waals surface area contributed by atoms with Crippen LogP contribution >= 0.6 is 11.8 Å². The Labute approximate surface area is 239 Å². The molecule has 0 aliphatic rings. The van der Waals surface area contributed by atoms with Crippen LogP contribution in [0, 0.1) is 17.0 Å². The molecular formula is C29H25N5O6S. The zero-order chi connectivity index (χ0) is 29.4. The fourth-order valence-corrected chi connectivity index (χ4v) is 4.48. The quantitative estimate of drug-likeness (QED) is 0.0986. The van der Waals surface area contributed by atoms with Crippen molar-refractivity contribution in [1.82, 2.24) is 10.5 Å². The highest BCUT2D eigenvalue weighted by Gasteiger charge is 2.18. The number of hydrogen-bond donors (Lipinski definition) is 3. The second-order valence-electron chi connectivity index (χ2n) is 8.78. The lowest BCUT2D eigenvalue weighted by molar-refractivity contribution is -0.384. The number of anilines is 2. The van der Waals surface area contributed by atoms with E-state index < -0.39 is 22.0 Å². The third-order valence-corrected chi connectivity index (χ3v) is 6.69. The van der Waals surface area contributed by atoms with E-state index in [0.717, 1.165) is 4.90 Å². The summed E-state index contributed by atoms with van der Waals surface area (Å²) >= 11 is 1.28. The van der Waals surface area contributed by atoms with E-state index in [0.29, 0.717) is 28.4 Å². The molecule has 12 heteroatoms. The molecule has 4 aromatic rings. The minimum absolute atomic E-state index is 0.0681. The molecular weight excluding hydrogens is 546 g/mol. The summed E-state index contributed by atoms with van der Waals surface area (Å²) < 4.78 is 4.97. The van der Waals surface area contributed by atoms with E-state index in [1.807, 2.05) is 0 Å². The lowest BCUT2D eigenvalue weighted by atomic mass is 10.1. The Morgan fingerprint density at radius 3 is 2.37 bits per heavy atom. The molecule has 1 heterocycles. The van der Waals surface area contributed by atoms with Gasteiger partial charge in [-0.3, -0.25) is 24.5 Å². The van der Waals surface area contributed by atoms with Gasteiger partial charge in [0.25, 0.3) is 17.5 Å². The maximum absolute atomic E-state index is 13.3. The Hall–Kier alpha value is -5.23. The number of nitrogens with one attached hydrogen (secondary N) is 3. The molecule has 3 N–H and O–H groups in total. The van der Waals surface area contributed by atoms with Crippen LogP contribution in [0.15, 0.2) is 100 Å². The average molecular weight is 572 g/mol. The van der Waals surface area contributed by atoms with Gasteiger partial charge in [0.05, 0.1) is 10.2 Å². The average Bonchev–Trinajstić information content (AvgIpc) is 3.37. The molecule has 0 spiro atoms. The molecule has 0 saturated heterocycles. The number of aryl methyl sites for hydroxylation is 1. The van der Waals surface area contributed by atoms with Crippen molar-refractivity contribution in [2.75, 3.05) is 10.6 Å². The summed E-state index contributed by atoms with van der Waals surface area (Å²) in [5.41, 5.74) is 1.08. The number of non-ortho nitro benzene ring substituents is 1. The monoisotopic (exact) mass is 571 g/mol. The van der Waals surface area contributed by atoms with Crippen LogP contribution in [0.4, 0.5) is 17.2 Å². The van der Waals surface area contributed by atoms with E-state index in [1.165, 1.54) is 42.1 Å². The Bertz CT molecular complexity index is 1600. The van der Waals surface area contributed by atoms with Gasteiger partial charge in [0.2, 0.25) is 5.91 Å². The fraction of sp³-hybridized carbons (Fsp3) is 0.103. The van der Waals surface area contributed by atoms with Crippen molar-refractivity contribution < 1.29 is 23.8 Å². The van der Waals surface area contributed by atoms with Gasteiger partial charge < -0.3 is 20.5 Å². The summed E-state index contributed by atoms with van der Waals surface area (Å²) in [6.07, 6.45) is 1.43. The Morgan fingerprint density at radius 1 is 0.976 bits per heavy atom. The predicted molar refractivity (Wildman–Crippen MR) is 155 cm³/mol. The minimum atomic E-state index is -0.609. The van der Waals surface area contributed by atoms with Crippen LogP contribution in [-0.4, -0.2) is 33.1 Å². The van der Waals surface area contributed by atoms with E-state index >= 15 is 0 Å². The summed E-state index contributed by atoms with van der Waals surface area (Å²) in [5.74, 6) is -0.478. The largest absolute Gasteiger partial charge is 0.360 e. The van der Waals surface area contributed by atoms with E-state index in [1.54, 1.807) is 74.5 Å². The Morgan fingerprint density at radius 2 is 1.71 bits per heavy atom. The standard InChI is InChI=1S/C29H25N5O6S/c1-18-15-26(33-40-18)32-27(35)19(2)41-24-10-6-9-22(17-24)30-29(37)25(31-28(36)21-7-4-3-5-8-21)16-20-11-13-23(14-12-20)34(38)39/h3-17,19H,1-2H3,(H,30,37)(H,31,36)(H,32,33,35)/b25-16+. The maximum atomic E-state index is 13.3. The molecule has 3 amide bonds. The molecule has 0 saturated carbocycles. The molecule has 41 heavy (non-hydrogen) atoms. The van der Waals surface area contributed by atoms with E-state index in [-0.39, 0.29) is 17.3 Å². The van der Waals surface area contributed by atoms with Crippen molar-refractivity contribution in [2.24, 2.45) is 0 Å². The van der Waals surface area contributed by atoms with Gasteiger partial charge >= 0.3 is 0 Å². The third-order valence-electron chi connectivity index (χ3n) is 5.60. The number of benzene rings is 3. The maximum Gasteiger partial charge on any atom is 0.272 e. The minimum Gasteiger partial charge on any atom is -0.360 e. The van der Waals surface area contributed by atoms with Gasteiger partial charge in [-0.05, 0) is 68.0 Å². The van der Waals surface area contributed by atoms with E-state index in [4.69, 9.17) is 4.52 Å². The van der Waals surface area contributed by atoms with Crippen LogP contribution in [0.25, 0.3) is 6.08 Å². The topological polar surface area (TPSA) is 156 Å². The van der Waals surface area contributed by atoms with Crippen LogP contribution in [0.1, 0.15) is 28.6 Å². The number of carbonyl (C=O) groups is 3. The number of carbonyl (C=O) groups excluding carboxylic acids is 3. The number of aromatic nitrogens is 1. The molecule has 0 radical (unpaired) electrons. The first-order valence-electron chi connectivity index (χ1n) is 12.3. The Balaban J connectivity index is 1.50. The second kappa shape index (κ2) is 13.2. The zero-order valence-corrected chi connectivity index (χ0v) is 22.8. The van der Waals surface area contributed by atoms with Gasteiger partial charge in [0.1, 0.15) is 11.5 Å². The summed E-state index contributed by atoms with van der Waals surface area (Å²) in [7, 11) is 0. The number of nitrogens with zero attached hydrogens (tertiary/aromatic N) is 2. The molecule has 11 nitrogen and oxygen atoms in total. The fourth-order valence-electron chi connectivity index (χ4n) is 3.56. The summed E-state index contributed by atoms with van der Waals surface area (Å²) in [4.78, 5) is 49.9.